The van der Waals surface area contributed by atoms with Crippen LogP contribution in [0.3, 0.4) is 0 Å². The molecule has 1 heterocycles. The minimum atomic E-state index is -0.663. The third kappa shape index (κ3) is 2.65. The molecular weight excluding hydrogens is 300 g/mol. The van der Waals surface area contributed by atoms with Crippen molar-refractivity contribution in [2.24, 2.45) is 0 Å². The van der Waals surface area contributed by atoms with Gasteiger partial charge >= 0.3 is 5.97 Å². The van der Waals surface area contributed by atoms with E-state index in [2.05, 4.69) is 4.98 Å². The molecule has 23 heavy (non-hydrogen) atoms. The molecule has 0 saturated heterocycles. The second-order valence-electron chi connectivity index (χ2n) is 5.16. The molecule has 0 unspecified atom stereocenters. The number of pyridine rings is 1. The second-order valence-corrected chi connectivity index (χ2v) is 5.16. The highest BCUT2D eigenvalue weighted by Crippen LogP contribution is 2.33. The Bertz CT molecular complexity index is 922. The second kappa shape index (κ2) is 5.76. The average molecular weight is 313 g/mol. The van der Waals surface area contributed by atoms with Crippen LogP contribution in [0.25, 0.3) is 22.0 Å². The summed E-state index contributed by atoms with van der Waals surface area (Å²) in [7, 11) is 1.29. The number of esters is 1. The van der Waals surface area contributed by atoms with Crippen LogP contribution in [0.15, 0.2) is 42.6 Å². The lowest BCUT2D eigenvalue weighted by Gasteiger charge is -2.12. The van der Waals surface area contributed by atoms with Gasteiger partial charge < -0.3 is 4.74 Å². The zero-order valence-corrected chi connectivity index (χ0v) is 12.6. The smallest absolute Gasteiger partial charge is 0.337 e. The number of hydrogen-bond acceptors (Lipinski definition) is 3. The van der Waals surface area contributed by atoms with Crippen molar-refractivity contribution in [1.29, 1.82) is 0 Å². The Balaban J connectivity index is 2.33. The lowest BCUT2D eigenvalue weighted by molar-refractivity contribution is 0.0601. The van der Waals surface area contributed by atoms with Crippen molar-refractivity contribution >= 4 is 16.9 Å². The number of carbonyl (C=O) groups is 1. The molecule has 1 aromatic heterocycles. The van der Waals surface area contributed by atoms with Crippen molar-refractivity contribution in [2.45, 2.75) is 6.92 Å². The van der Waals surface area contributed by atoms with Gasteiger partial charge in [0.25, 0.3) is 0 Å². The van der Waals surface area contributed by atoms with Gasteiger partial charge in [-0.05, 0) is 48.4 Å². The van der Waals surface area contributed by atoms with Crippen LogP contribution in [0.5, 0.6) is 0 Å². The Morgan fingerprint density at radius 2 is 1.91 bits per heavy atom. The highest BCUT2D eigenvalue weighted by atomic mass is 19.1. The van der Waals surface area contributed by atoms with E-state index >= 15 is 0 Å². The zero-order valence-electron chi connectivity index (χ0n) is 12.6. The van der Waals surface area contributed by atoms with Crippen LogP contribution in [-0.2, 0) is 4.74 Å². The first-order chi connectivity index (χ1) is 11.0. The molecule has 0 fully saturated rings. The maximum absolute atomic E-state index is 14.2. The maximum Gasteiger partial charge on any atom is 0.337 e. The molecule has 3 rings (SSSR count). The van der Waals surface area contributed by atoms with Gasteiger partial charge in [-0.3, -0.25) is 4.98 Å². The lowest BCUT2D eigenvalue weighted by atomic mass is 9.95. The average Bonchev–Trinajstić information content (AvgIpc) is 2.54. The van der Waals surface area contributed by atoms with Crippen molar-refractivity contribution in [2.75, 3.05) is 7.11 Å². The van der Waals surface area contributed by atoms with Crippen molar-refractivity contribution in [1.82, 2.24) is 4.98 Å². The van der Waals surface area contributed by atoms with E-state index in [1.807, 2.05) is 0 Å². The largest absolute Gasteiger partial charge is 0.465 e. The molecular formula is C18H13F2NO2. The predicted octanol–water partition coefficient (Wildman–Crippen LogP) is 4.28. The molecule has 0 aliphatic rings. The Labute approximate surface area is 131 Å². The van der Waals surface area contributed by atoms with E-state index in [0.29, 0.717) is 22.0 Å². The molecule has 5 heteroatoms. The molecule has 2 aromatic carbocycles. The van der Waals surface area contributed by atoms with E-state index in [1.165, 1.54) is 19.2 Å². The summed E-state index contributed by atoms with van der Waals surface area (Å²) in [6.45, 7) is 1.79. The predicted molar refractivity (Wildman–Crippen MR) is 83.2 cm³/mol. The number of hydrogen-bond donors (Lipinski definition) is 0. The zero-order chi connectivity index (χ0) is 16.6. The number of nitrogens with zero attached hydrogens (tertiary/aromatic N) is 1. The number of fused-ring (bicyclic) bond motifs is 1. The molecule has 116 valence electrons. The number of methoxy groups -OCH3 is 1. The number of halogens is 2. The van der Waals surface area contributed by atoms with E-state index in [9.17, 15) is 13.6 Å². The quantitative estimate of drug-likeness (QED) is 0.663. The summed E-state index contributed by atoms with van der Waals surface area (Å²) in [5, 5.41) is 0.610. The van der Waals surface area contributed by atoms with Crippen LogP contribution in [-0.4, -0.2) is 18.1 Å². The summed E-state index contributed by atoms with van der Waals surface area (Å²) >= 11 is 0. The van der Waals surface area contributed by atoms with Gasteiger partial charge in [-0.25, -0.2) is 13.6 Å². The first-order valence-corrected chi connectivity index (χ1v) is 6.94. The third-order valence-electron chi connectivity index (χ3n) is 3.68. The topological polar surface area (TPSA) is 39.2 Å². The fourth-order valence-corrected chi connectivity index (χ4v) is 2.59. The molecule has 0 amide bonds. The van der Waals surface area contributed by atoms with Crippen LogP contribution in [0.1, 0.15) is 15.9 Å². The first kappa shape index (κ1) is 15.1. The minimum absolute atomic E-state index is 0.262. The van der Waals surface area contributed by atoms with Gasteiger partial charge in [0.15, 0.2) is 0 Å². The van der Waals surface area contributed by atoms with Gasteiger partial charge in [0, 0.05) is 23.2 Å². The minimum Gasteiger partial charge on any atom is -0.465 e. The summed E-state index contributed by atoms with van der Waals surface area (Å²) in [6.07, 6.45) is 1.62. The first-order valence-electron chi connectivity index (χ1n) is 6.94. The van der Waals surface area contributed by atoms with Crippen molar-refractivity contribution in [3.05, 3.63) is 65.4 Å². The number of benzene rings is 2. The van der Waals surface area contributed by atoms with Crippen molar-refractivity contribution in [3.8, 4) is 11.1 Å². The van der Waals surface area contributed by atoms with Crippen molar-refractivity contribution in [3.63, 3.8) is 0 Å². The summed E-state index contributed by atoms with van der Waals surface area (Å²) in [5.74, 6) is -1.79. The molecule has 0 atom stereocenters. The highest BCUT2D eigenvalue weighted by molar-refractivity contribution is 6.01. The molecule has 3 nitrogen and oxygen atoms in total. The molecule has 0 aliphatic heterocycles. The van der Waals surface area contributed by atoms with Crippen molar-refractivity contribution < 1.29 is 18.3 Å². The SMILES string of the molecule is COC(=O)c1ccc2ncc(C)c(-c3ccc(F)cc3F)c2c1. The highest BCUT2D eigenvalue weighted by Gasteiger charge is 2.15. The number of carbonyl (C=O) groups excluding carboxylic acids is 1. The van der Waals surface area contributed by atoms with E-state index in [-0.39, 0.29) is 5.56 Å². The Hall–Kier alpha value is -2.82. The normalized spacial score (nSPS) is 10.8. The van der Waals surface area contributed by atoms with Gasteiger partial charge in [-0.1, -0.05) is 0 Å². The van der Waals surface area contributed by atoms with E-state index in [0.717, 1.165) is 11.6 Å². The van der Waals surface area contributed by atoms with Crippen LogP contribution in [0, 0.1) is 18.6 Å². The Kier molecular flexibility index (Phi) is 3.78. The van der Waals surface area contributed by atoms with Gasteiger partial charge in [0.1, 0.15) is 11.6 Å². The maximum atomic E-state index is 14.2. The van der Waals surface area contributed by atoms with Gasteiger partial charge in [-0.15, -0.1) is 0 Å². The standard InChI is InChI=1S/C18H13F2NO2/c1-10-9-21-16-6-3-11(18(22)23-2)7-14(16)17(10)13-5-4-12(19)8-15(13)20/h3-9H,1-2H3. The van der Waals surface area contributed by atoms with Gasteiger partial charge in [-0.2, -0.15) is 0 Å². The number of ether oxygens (including phenoxy) is 1. The molecule has 0 spiro atoms. The monoisotopic (exact) mass is 313 g/mol. The Morgan fingerprint density at radius 3 is 2.61 bits per heavy atom. The number of rotatable bonds is 2. The fourth-order valence-electron chi connectivity index (χ4n) is 2.59. The number of aryl methyl sites for hydroxylation is 1. The van der Waals surface area contributed by atoms with Crippen LogP contribution in [0.4, 0.5) is 8.78 Å². The molecule has 0 aliphatic carbocycles. The summed E-state index contributed by atoms with van der Waals surface area (Å²) < 4.78 is 32.1. The summed E-state index contributed by atoms with van der Waals surface area (Å²) in [6, 6.07) is 8.31. The van der Waals surface area contributed by atoms with E-state index in [4.69, 9.17) is 4.74 Å². The summed E-state index contributed by atoms with van der Waals surface area (Å²) in [5.41, 5.74) is 2.53. The van der Waals surface area contributed by atoms with Gasteiger partial charge in [0.2, 0.25) is 0 Å². The molecule has 0 N–H and O–H groups in total. The molecule has 0 radical (unpaired) electrons. The lowest BCUT2D eigenvalue weighted by Crippen LogP contribution is -2.01. The third-order valence-corrected chi connectivity index (χ3v) is 3.68. The van der Waals surface area contributed by atoms with Crippen LogP contribution < -0.4 is 0 Å². The summed E-state index contributed by atoms with van der Waals surface area (Å²) in [4.78, 5) is 16.0. The fraction of sp³-hybridized carbons (Fsp3) is 0.111. The Morgan fingerprint density at radius 1 is 1.13 bits per heavy atom. The van der Waals surface area contributed by atoms with Crippen LogP contribution >= 0.6 is 0 Å². The van der Waals surface area contributed by atoms with Gasteiger partial charge in [0.05, 0.1) is 18.2 Å². The molecule has 0 saturated carbocycles. The van der Waals surface area contributed by atoms with E-state index in [1.54, 1.807) is 31.3 Å². The van der Waals surface area contributed by atoms with Crippen LogP contribution in [0.2, 0.25) is 0 Å². The number of aromatic nitrogens is 1. The molecule has 3 aromatic rings. The van der Waals surface area contributed by atoms with E-state index < -0.39 is 17.6 Å². The molecule has 0 bridgehead atoms.